The topological polar surface area (TPSA) is 50.7 Å². The van der Waals surface area contributed by atoms with Crippen LogP contribution in [0.4, 0.5) is 5.82 Å². The van der Waals surface area contributed by atoms with Crippen LogP contribution in [0.1, 0.15) is 25.1 Å². The van der Waals surface area contributed by atoms with Crippen LogP contribution >= 0.6 is 0 Å². The molecule has 19 heavy (non-hydrogen) atoms. The number of nitrogens with zero attached hydrogens (tertiary/aromatic N) is 3. The van der Waals surface area contributed by atoms with Gasteiger partial charge in [0, 0.05) is 25.0 Å². The Hall–Kier alpha value is -1.97. The predicted octanol–water partition coefficient (Wildman–Crippen LogP) is 3.09. The van der Waals surface area contributed by atoms with Crippen molar-refractivity contribution >= 4 is 5.82 Å². The van der Waals surface area contributed by atoms with Gasteiger partial charge in [0.15, 0.2) is 5.82 Å². The van der Waals surface area contributed by atoms with Gasteiger partial charge in [-0.15, -0.1) is 0 Å². The Labute approximate surface area is 114 Å². The number of hydrogen-bond donors (Lipinski definition) is 1. The fourth-order valence-electron chi connectivity index (χ4n) is 1.97. The lowest BCUT2D eigenvalue weighted by Crippen LogP contribution is -2.05. The summed E-state index contributed by atoms with van der Waals surface area (Å²) in [6.07, 6.45) is 2.72. The van der Waals surface area contributed by atoms with E-state index in [0.29, 0.717) is 11.7 Å². The standard InChI is InChI=1S/C15H20N4/c1-10(2)8-12-9-13(16-4)19-15(18-12)14-11(3)6-5-7-17-14/h5-7,9-10H,8H2,1-4H3,(H,16,18,19). The van der Waals surface area contributed by atoms with Crippen LogP contribution in [0.5, 0.6) is 0 Å². The molecule has 1 N–H and O–H groups in total. The summed E-state index contributed by atoms with van der Waals surface area (Å²) in [5, 5.41) is 3.09. The van der Waals surface area contributed by atoms with Crippen LogP contribution in [0.25, 0.3) is 11.5 Å². The summed E-state index contributed by atoms with van der Waals surface area (Å²) in [5.41, 5.74) is 2.99. The molecule has 4 nitrogen and oxygen atoms in total. The Balaban J connectivity index is 2.48. The molecule has 2 aromatic heterocycles. The highest BCUT2D eigenvalue weighted by molar-refractivity contribution is 5.56. The van der Waals surface area contributed by atoms with Crippen molar-refractivity contribution in [2.75, 3.05) is 12.4 Å². The number of anilines is 1. The molecule has 2 heterocycles. The van der Waals surface area contributed by atoms with Crippen LogP contribution in [0, 0.1) is 12.8 Å². The number of nitrogens with one attached hydrogen (secondary N) is 1. The lowest BCUT2D eigenvalue weighted by Gasteiger charge is -2.10. The van der Waals surface area contributed by atoms with Gasteiger partial charge in [0.1, 0.15) is 11.5 Å². The lowest BCUT2D eigenvalue weighted by atomic mass is 10.1. The van der Waals surface area contributed by atoms with Crippen molar-refractivity contribution in [3.8, 4) is 11.5 Å². The third-order valence-corrected chi connectivity index (χ3v) is 2.87. The minimum atomic E-state index is 0.567. The Kier molecular flexibility index (Phi) is 4.10. The lowest BCUT2D eigenvalue weighted by molar-refractivity contribution is 0.634. The minimum absolute atomic E-state index is 0.567. The molecule has 0 aliphatic heterocycles. The van der Waals surface area contributed by atoms with E-state index in [1.165, 1.54) is 0 Å². The molecule has 0 bridgehead atoms. The largest absolute Gasteiger partial charge is 0.373 e. The maximum Gasteiger partial charge on any atom is 0.180 e. The van der Waals surface area contributed by atoms with Crippen molar-refractivity contribution < 1.29 is 0 Å². The molecule has 0 atom stereocenters. The second kappa shape index (κ2) is 5.78. The molecular weight excluding hydrogens is 236 g/mol. The van der Waals surface area contributed by atoms with Crippen LogP contribution in [0.2, 0.25) is 0 Å². The molecule has 0 saturated carbocycles. The van der Waals surface area contributed by atoms with Crippen LogP contribution in [-0.4, -0.2) is 22.0 Å². The number of hydrogen-bond acceptors (Lipinski definition) is 4. The average Bonchev–Trinajstić information content (AvgIpc) is 2.38. The molecule has 0 aliphatic carbocycles. The molecule has 0 amide bonds. The first-order valence-corrected chi connectivity index (χ1v) is 6.58. The Bertz CT molecular complexity index is 564. The van der Waals surface area contributed by atoms with Crippen LogP contribution in [-0.2, 0) is 6.42 Å². The Morgan fingerprint density at radius 1 is 1.26 bits per heavy atom. The third kappa shape index (κ3) is 3.28. The van der Waals surface area contributed by atoms with Gasteiger partial charge < -0.3 is 5.32 Å². The normalized spacial score (nSPS) is 10.8. The van der Waals surface area contributed by atoms with Gasteiger partial charge in [0.05, 0.1) is 0 Å². The summed E-state index contributed by atoms with van der Waals surface area (Å²) in [7, 11) is 1.87. The monoisotopic (exact) mass is 256 g/mol. The molecular formula is C15H20N4. The Morgan fingerprint density at radius 3 is 2.68 bits per heavy atom. The predicted molar refractivity (Wildman–Crippen MR) is 78.1 cm³/mol. The van der Waals surface area contributed by atoms with E-state index >= 15 is 0 Å². The van der Waals surface area contributed by atoms with Crippen molar-refractivity contribution in [2.24, 2.45) is 5.92 Å². The van der Waals surface area contributed by atoms with Crippen molar-refractivity contribution in [1.82, 2.24) is 15.0 Å². The van der Waals surface area contributed by atoms with Crippen molar-refractivity contribution in [1.29, 1.82) is 0 Å². The molecule has 2 rings (SSSR count). The molecule has 0 aliphatic rings. The van der Waals surface area contributed by atoms with Gasteiger partial charge in [-0.25, -0.2) is 9.97 Å². The van der Waals surface area contributed by atoms with E-state index in [9.17, 15) is 0 Å². The fraction of sp³-hybridized carbons (Fsp3) is 0.400. The quantitative estimate of drug-likeness (QED) is 0.913. The third-order valence-electron chi connectivity index (χ3n) is 2.87. The number of aryl methyl sites for hydroxylation is 1. The van der Waals surface area contributed by atoms with Crippen LogP contribution in [0.15, 0.2) is 24.4 Å². The van der Waals surface area contributed by atoms with Gasteiger partial charge in [-0.1, -0.05) is 19.9 Å². The van der Waals surface area contributed by atoms with E-state index in [-0.39, 0.29) is 0 Å². The van der Waals surface area contributed by atoms with Gasteiger partial charge >= 0.3 is 0 Å². The van der Waals surface area contributed by atoms with Gasteiger partial charge in [-0.3, -0.25) is 4.98 Å². The first-order valence-electron chi connectivity index (χ1n) is 6.58. The molecule has 4 heteroatoms. The van der Waals surface area contributed by atoms with Gasteiger partial charge in [-0.05, 0) is 30.9 Å². The molecule has 0 spiro atoms. The zero-order valence-corrected chi connectivity index (χ0v) is 11.9. The fourth-order valence-corrected chi connectivity index (χ4v) is 1.97. The van der Waals surface area contributed by atoms with Crippen LogP contribution < -0.4 is 5.32 Å². The molecule has 0 aromatic carbocycles. The molecule has 0 saturated heterocycles. The minimum Gasteiger partial charge on any atom is -0.373 e. The summed E-state index contributed by atoms with van der Waals surface area (Å²) in [4.78, 5) is 13.5. The number of rotatable bonds is 4. The molecule has 100 valence electrons. The highest BCUT2D eigenvalue weighted by Gasteiger charge is 2.10. The SMILES string of the molecule is CNc1cc(CC(C)C)nc(-c2ncccc2C)n1. The number of aromatic nitrogens is 3. The van der Waals surface area contributed by atoms with Gasteiger partial charge in [-0.2, -0.15) is 0 Å². The summed E-state index contributed by atoms with van der Waals surface area (Å²) in [6, 6.07) is 5.96. The average molecular weight is 256 g/mol. The summed E-state index contributed by atoms with van der Waals surface area (Å²) < 4.78 is 0. The molecule has 2 aromatic rings. The van der Waals surface area contributed by atoms with E-state index < -0.39 is 0 Å². The zero-order chi connectivity index (χ0) is 13.8. The highest BCUT2D eigenvalue weighted by Crippen LogP contribution is 2.20. The zero-order valence-electron chi connectivity index (χ0n) is 11.9. The van der Waals surface area contributed by atoms with Gasteiger partial charge in [0.2, 0.25) is 0 Å². The molecule has 0 fully saturated rings. The molecule has 0 radical (unpaired) electrons. The maximum atomic E-state index is 4.64. The summed E-state index contributed by atoms with van der Waals surface area (Å²) in [5.74, 6) is 2.10. The Morgan fingerprint density at radius 2 is 2.05 bits per heavy atom. The smallest absolute Gasteiger partial charge is 0.180 e. The van der Waals surface area contributed by atoms with E-state index in [4.69, 9.17) is 0 Å². The van der Waals surface area contributed by atoms with E-state index in [1.54, 1.807) is 6.20 Å². The summed E-state index contributed by atoms with van der Waals surface area (Å²) in [6.45, 7) is 6.40. The summed E-state index contributed by atoms with van der Waals surface area (Å²) >= 11 is 0. The van der Waals surface area contributed by atoms with Crippen molar-refractivity contribution in [3.05, 3.63) is 35.7 Å². The molecule has 0 unspecified atom stereocenters. The highest BCUT2D eigenvalue weighted by atomic mass is 15.0. The van der Waals surface area contributed by atoms with E-state index in [2.05, 4.69) is 34.1 Å². The number of pyridine rings is 1. The van der Waals surface area contributed by atoms with E-state index in [1.807, 2.05) is 32.2 Å². The van der Waals surface area contributed by atoms with Gasteiger partial charge in [0.25, 0.3) is 0 Å². The van der Waals surface area contributed by atoms with Crippen LogP contribution in [0.3, 0.4) is 0 Å². The second-order valence-corrected chi connectivity index (χ2v) is 5.09. The maximum absolute atomic E-state index is 4.64. The first-order chi connectivity index (χ1) is 9.10. The van der Waals surface area contributed by atoms with E-state index in [0.717, 1.165) is 29.2 Å². The van der Waals surface area contributed by atoms with Crippen molar-refractivity contribution in [2.45, 2.75) is 27.2 Å². The first kappa shape index (κ1) is 13.5. The second-order valence-electron chi connectivity index (χ2n) is 5.09. The van der Waals surface area contributed by atoms with Crippen molar-refractivity contribution in [3.63, 3.8) is 0 Å².